The largest absolute Gasteiger partial charge is 0.330 e. The summed E-state index contributed by atoms with van der Waals surface area (Å²) < 4.78 is 13.5. The Balaban J connectivity index is 1.90. The van der Waals surface area contributed by atoms with Crippen molar-refractivity contribution in [1.82, 2.24) is 0 Å². The molecule has 0 fully saturated rings. The summed E-state index contributed by atoms with van der Waals surface area (Å²) in [5.74, 6) is -0.154. The van der Waals surface area contributed by atoms with E-state index in [-0.39, 0.29) is 11.2 Å². The van der Waals surface area contributed by atoms with Crippen molar-refractivity contribution in [2.75, 3.05) is 6.54 Å². The zero-order chi connectivity index (χ0) is 14.9. The molecule has 0 aromatic heterocycles. The molecule has 2 heteroatoms. The van der Waals surface area contributed by atoms with Crippen LogP contribution < -0.4 is 5.73 Å². The van der Waals surface area contributed by atoms with Crippen LogP contribution in [0, 0.1) is 18.2 Å². The first kappa shape index (κ1) is 14.3. The maximum absolute atomic E-state index is 13.5. The van der Waals surface area contributed by atoms with Gasteiger partial charge in [-0.1, -0.05) is 30.3 Å². The molecule has 0 amide bonds. The molecule has 0 radical (unpaired) electrons. The Kier molecular flexibility index (Phi) is 3.81. The van der Waals surface area contributed by atoms with E-state index < -0.39 is 0 Å². The van der Waals surface area contributed by atoms with Gasteiger partial charge in [-0.25, -0.2) is 4.39 Å². The Hall–Kier alpha value is -1.67. The summed E-state index contributed by atoms with van der Waals surface area (Å²) in [5, 5.41) is 0. The summed E-state index contributed by atoms with van der Waals surface area (Å²) in [4.78, 5) is 0. The minimum atomic E-state index is -0.154. The van der Waals surface area contributed by atoms with Crippen molar-refractivity contribution >= 4 is 0 Å². The number of halogens is 1. The third-order valence-corrected chi connectivity index (χ3v) is 4.92. The first-order valence-corrected chi connectivity index (χ1v) is 7.64. The summed E-state index contributed by atoms with van der Waals surface area (Å²) in [6, 6.07) is 13.7. The van der Waals surface area contributed by atoms with Crippen LogP contribution in [0.5, 0.6) is 0 Å². The zero-order valence-corrected chi connectivity index (χ0v) is 12.5. The lowest BCUT2D eigenvalue weighted by molar-refractivity contribution is 0.253. The number of rotatable bonds is 3. The van der Waals surface area contributed by atoms with E-state index in [0.717, 1.165) is 36.8 Å². The highest BCUT2D eigenvalue weighted by Gasteiger charge is 2.33. The molecule has 2 aromatic carbocycles. The highest BCUT2D eigenvalue weighted by molar-refractivity contribution is 5.33. The number of fused-ring (bicyclic) bond motifs is 1. The van der Waals surface area contributed by atoms with E-state index in [1.54, 1.807) is 6.07 Å². The lowest BCUT2D eigenvalue weighted by atomic mass is 9.68. The average molecular weight is 283 g/mol. The van der Waals surface area contributed by atoms with Gasteiger partial charge in [-0.05, 0) is 79.0 Å². The molecule has 1 atom stereocenters. The van der Waals surface area contributed by atoms with E-state index >= 15 is 0 Å². The second-order valence-corrected chi connectivity index (χ2v) is 6.40. The molecule has 1 aliphatic rings. The van der Waals surface area contributed by atoms with Crippen molar-refractivity contribution in [1.29, 1.82) is 0 Å². The Morgan fingerprint density at radius 2 is 1.90 bits per heavy atom. The normalized spacial score (nSPS) is 21.1. The quantitative estimate of drug-likeness (QED) is 0.910. The van der Waals surface area contributed by atoms with Crippen molar-refractivity contribution in [2.45, 2.75) is 32.6 Å². The highest BCUT2D eigenvalue weighted by atomic mass is 19.1. The van der Waals surface area contributed by atoms with Crippen LogP contribution in [0.1, 0.15) is 28.7 Å². The van der Waals surface area contributed by atoms with Crippen LogP contribution in [0.4, 0.5) is 4.39 Å². The Morgan fingerprint density at radius 3 is 2.67 bits per heavy atom. The molecule has 1 aliphatic carbocycles. The van der Waals surface area contributed by atoms with Crippen LogP contribution in [0.3, 0.4) is 0 Å². The SMILES string of the molecule is Cc1ccc(F)cc1CC1(CN)CCc2ccccc2C1. The summed E-state index contributed by atoms with van der Waals surface area (Å²) in [5.41, 5.74) is 11.3. The van der Waals surface area contributed by atoms with Gasteiger partial charge in [0.1, 0.15) is 5.82 Å². The second kappa shape index (κ2) is 5.61. The molecule has 2 aromatic rings. The molecule has 2 N–H and O–H groups in total. The van der Waals surface area contributed by atoms with Crippen LogP contribution in [-0.4, -0.2) is 6.54 Å². The highest BCUT2D eigenvalue weighted by Crippen LogP contribution is 2.38. The third-order valence-electron chi connectivity index (χ3n) is 4.92. The maximum Gasteiger partial charge on any atom is 0.123 e. The van der Waals surface area contributed by atoms with E-state index in [4.69, 9.17) is 5.73 Å². The Bertz CT molecular complexity index is 650. The number of nitrogens with two attached hydrogens (primary N) is 1. The molecule has 0 bridgehead atoms. The molecule has 1 unspecified atom stereocenters. The molecule has 110 valence electrons. The van der Waals surface area contributed by atoms with Crippen molar-refractivity contribution in [3.63, 3.8) is 0 Å². The fourth-order valence-electron chi connectivity index (χ4n) is 3.50. The topological polar surface area (TPSA) is 26.0 Å². The molecule has 3 rings (SSSR count). The number of benzene rings is 2. The lowest BCUT2D eigenvalue weighted by Gasteiger charge is -2.38. The molecule has 1 nitrogen and oxygen atoms in total. The smallest absolute Gasteiger partial charge is 0.123 e. The van der Waals surface area contributed by atoms with Gasteiger partial charge in [-0.3, -0.25) is 0 Å². The predicted molar refractivity (Wildman–Crippen MR) is 84.8 cm³/mol. The van der Waals surface area contributed by atoms with Gasteiger partial charge in [-0.15, -0.1) is 0 Å². The first-order chi connectivity index (χ1) is 10.1. The van der Waals surface area contributed by atoms with Gasteiger partial charge >= 0.3 is 0 Å². The summed E-state index contributed by atoms with van der Waals surface area (Å²) >= 11 is 0. The van der Waals surface area contributed by atoms with Gasteiger partial charge in [0.05, 0.1) is 0 Å². The summed E-state index contributed by atoms with van der Waals surface area (Å²) in [6.07, 6.45) is 4.01. The van der Waals surface area contributed by atoms with Gasteiger partial charge < -0.3 is 5.73 Å². The van der Waals surface area contributed by atoms with Gasteiger partial charge in [-0.2, -0.15) is 0 Å². The van der Waals surface area contributed by atoms with Gasteiger partial charge in [0.25, 0.3) is 0 Å². The maximum atomic E-state index is 13.5. The van der Waals surface area contributed by atoms with Crippen LogP contribution in [0.25, 0.3) is 0 Å². The molecule has 0 heterocycles. The number of hydrogen-bond donors (Lipinski definition) is 1. The van der Waals surface area contributed by atoms with Gasteiger partial charge in [0.2, 0.25) is 0 Å². The van der Waals surface area contributed by atoms with Crippen LogP contribution >= 0.6 is 0 Å². The fraction of sp³-hybridized carbons (Fsp3) is 0.368. The molecule has 0 aliphatic heterocycles. The predicted octanol–water partition coefficient (Wildman–Crippen LogP) is 3.81. The van der Waals surface area contributed by atoms with Gasteiger partial charge in [0.15, 0.2) is 0 Å². The van der Waals surface area contributed by atoms with Crippen LogP contribution in [0.2, 0.25) is 0 Å². The van der Waals surface area contributed by atoms with Crippen LogP contribution in [0.15, 0.2) is 42.5 Å². The average Bonchev–Trinajstić information content (AvgIpc) is 2.51. The third kappa shape index (κ3) is 2.86. The molecule has 21 heavy (non-hydrogen) atoms. The Labute approximate surface area is 126 Å². The van der Waals surface area contributed by atoms with Crippen molar-refractivity contribution in [3.05, 3.63) is 70.5 Å². The zero-order valence-electron chi connectivity index (χ0n) is 12.5. The van der Waals surface area contributed by atoms with E-state index in [2.05, 4.69) is 31.2 Å². The minimum absolute atomic E-state index is 0.0624. The molecule has 0 saturated carbocycles. The Morgan fingerprint density at radius 1 is 1.14 bits per heavy atom. The van der Waals surface area contributed by atoms with E-state index in [9.17, 15) is 4.39 Å². The van der Waals surface area contributed by atoms with Crippen LogP contribution in [-0.2, 0) is 19.3 Å². The van der Waals surface area contributed by atoms with Crippen molar-refractivity contribution in [2.24, 2.45) is 11.1 Å². The monoisotopic (exact) mass is 283 g/mol. The summed E-state index contributed by atoms with van der Waals surface area (Å²) in [6.45, 7) is 2.70. The fourth-order valence-corrected chi connectivity index (χ4v) is 3.50. The first-order valence-electron chi connectivity index (χ1n) is 7.64. The molecular formula is C19H22FN. The molecule has 0 spiro atoms. The molecule has 0 saturated heterocycles. The van der Waals surface area contributed by atoms with Gasteiger partial charge in [0, 0.05) is 0 Å². The lowest BCUT2D eigenvalue weighted by Crippen LogP contribution is -2.38. The van der Waals surface area contributed by atoms with Crippen molar-refractivity contribution in [3.8, 4) is 0 Å². The number of aryl methyl sites for hydroxylation is 2. The van der Waals surface area contributed by atoms with E-state index in [0.29, 0.717) is 6.54 Å². The van der Waals surface area contributed by atoms with E-state index in [1.165, 1.54) is 17.2 Å². The number of hydrogen-bond acceptors (Lipinski definition) is 1. The van der Waals surface area contributed by atoms with E-state index in [1.807, 2.05) is 6.07 Å². The second-order valence-electron chi connectivity index (χ2n) is 6.40. The van der Waals surface area contributed by atoms with Crippen molar-refractivity contribution < 1.29 is 4.39 Å². The summed E-state index contributed by atoms with van der Waals surface area (Å²) in [7, 11) is 0. The standard InChI is InChI=1S/C19H22FN/c1-14-6-7-18(20)10-17(14)12-19(13-21)9-8-15-4-2-3-5-16(15)11-19/h2-7,10H,8-9,11-13,21H2,1H3. The molecular weight excluding hydrogens is 261 g/mol. The minimum Gasteiger partial charge on any atom is -0.330 e.